The maximum absolute atomic E-state index is 12.5. The van der Waals surface area contributed by atoms with Gasteiger partial charge in [0.1, 0.15) is 0 Å². The van der Waals surface area contributed by atoms with Crippen LogP contribution in [0.4, 0.5) is 13.2 Å². The van der Waals surface area contributed by atoms with Crippen LogP contribution in [0.15, 0.2) is 11.6 Å². The summed E-state index contributed by atoms with van der Waals surface area (Å²) >= 11 is 0. The average Bonchev–Trinajstić information content (AvgIpc) is 2.55. The lowest BCUT2D eigenvalue weighted by molar-refractivity contribution is -0.0961. The summed E-state index contributed by atoms with van der Waals surface area (Å²) in [4.78, 5) is 2.12. The van der Waals surface area contributed by atoms with Gasteiger partial charge in [0.2, 0.25) is 0 Å². The average molecular weight is 276 g/mol. The van der Waals surface area contributed by atoms with Crippen LogP contribution in [-0.4, -0.2) is 36.8 Å². The van der Waals surface area contributed by atoms with E-state index in [0.29, 0.717) is 19.0 Å². The van der Waals surface area contributed by atoms with E-state index in [1.807, 2.05) is 0 Å². The third-order valence-corrected chi connectivity index (χ3v) is 4.37. The third kappa shape index (κ3) is 4.21. The smallest absolute Gasteiger partial charge is 0.327 e. The van der Waals surface area contributed by atoms with Crippen molar-refractivity contribution in [3.63, 3.8) is 0 Å². The van der Waals surface area contributed by atoms with Crippen molar-refractivity contribution in [3.05, 3.63) is 11.6 Å². The van der Waals surface area contributed by atoms with E-state index < -0.39 is 6.18 Å². The van der Waals surface area contributed by atoms with Crippen molar-refractivity contribution < 1.29 is 13.2 Å². The van der Waals surface area contributed by atoms with Crippen LogP contribution in [0.2, 0.25) is 0 Å². The summed E-state index contributed by atoms with van der Waals surface area (Å²) in [6.07, 6.45) is 3.12. The van der Waals surface area contributed by atoms with Gasteiger partial charge in [-0.2, -0.15) is 13.2 Å². The highest BCUT2D eigenvalue weighted by Gasteiger charge is 2.35. The molecule has 19 heavy (non-hydrogen) atoms. The Morgan fingerprint density at radius 2 is 1.95 bits per heavy atom. The molecule has 0 aromatic rings. The molecule has 2 unspecified atom stereocenters. The molecule has 1 saturated carbocycles. The zero-order valence-corrected chi connectivity index (χ0v) is 11.3. The minimum Gasteiger partial charge on any atom is -0.327 e. The normalized spacial score (nSPS) is 30.8. The van der Waals surface area contributed by atoms with E-state index in [9.17, 15) is 13.2 Å². The predicted molar refractivity (Wildman–Crippen MR) is 69.7 cm³/mol. The fourth-order valence-electron chi connectivity index (χ4n) is 3.11. The first-order chi connectivity index (χ1) is 8.97. The molecule has 0 spiro atoms. The second kappa shape index (κ2) is 6.27. The number of alkyl halides is 3. The van der Waals surface area contributed by atoms with E-state index >= 15 is 0 Å². The molecule has 2 nitrogen and oxygen atoms in total. The quantitative estimate of drug-likeness (QED) is 0.620. The zero-order chi connectivity index (χ0) is 13.9. The van der Waals surface area contributed by atoms with Crippen molar-refractivity contribution in [2.24, 2.45) is 11.7 Å². The molecule has 110 valence electrons. The molecule has 2 atom stereocenters. The van der Waals surface area contributed by atoms with Crippen molar-refractivity contribution in [3.8, 4) is 0 Å². The highest BCUT2D eigenvalue weighted by atomic mass is 19.4. The van der Waals surface area contributed by atoms with Gasteiger partial charge in [0.25, 0.3) is 0 Å². The van der Waals surface area contributed by atoms with Crippen LogP contribution >= 0.6 is 0 Å². The molecule has 0 bridgehead atoms. The maximum Gasteiger partial charge on any atom is 0.412 e. The van der Waals surface area contributed by atoms with Gasteiger partial charge in [-0.05, 0) is 25.2 Å². The van der Waals surface area contributed by atoms with Gasteiger partial charge in [-0.25, -0.2) is 0 Å². The number of halogens is 3. The van der Waals surface area contributed by atoms with Crippen molar-refractivity contribution in [2.75, 3.05) is 19.6 Å². The second-order valence-electron chi connectivity index (χ2n) is 5.80. The maximum atomic E-state index is 12.5. The first-order valence-corrected chi connectivity index (χ1v) is 7.21. The van der Waals surface area contributed by atoms with Crippen LogP contribution in [0, 0.1) is 5.92 Å². The summed E-state index contributed by atoms with van der Waals surface area (Å²) in [6.45, 7) is 1.77. The molecule has 0 radical (unpaired) electrons. The molecule has 2 aliphatic rings. The molecular weight excluding hydrogens is 253 g/mol. The standard InChI is InChI=1S/C14H23F3N2/c15-14(16,17)12-6-8-19(9-7-12)10-11-4-2-1-3-5-13(11)18/h6,11,13H,1-5,7-10,18H2. The van der Waals surface area contributed by atoms with Crippen molar-refractivity contribution in [2.45, 2.75) is 50.7 Å². The van der Waals surface area contributed by atoms with Gasteiger partial charge in [0.15, 0.2) is 0 Å². The molecule has 0 aromatic carbocycles. The van der Waals surface area contributed by atoms with Crippen molar-refractivity contribution >= 4 is 0 Å². The minimum absolute atomic E-state index is 0.117. The zero-order valence-electron chi connectivity index (χ0n) is 11.3. The van der Waals surface area contributed by atoms with Crippen LogP contribution in [0.1, 0.15) is 38.5 Å². The Kier molecular flexibility index (Phi) is 4.90. The predicted octanol–water partition coefficient (Wildman–Crippen LogP) is 3.09. The monoisotopic (exact) mass is 276 g/mol. The summed E-state index contributed by atoms with van der Waals surface area (Å²) in [6, 6.07) is 0.218. The Hall–Kier alpha value is -0.550. The van der Waals surface area contributed by atoms with E-state index in [1.54, 1.807) is 0 Å². The molecule has 0 amide bonds. The molecule has 2 rings (SSSR count). The number of nitrogens with zero attached hydrogens (tertiary/aromatic N) is 1. The van der Waals surface area contributed by atoms with Crippen LogP contribution < -0.4 is 5.73 Å². The van der Waals surface area contributed by atoms with Gasteiger partial charge in [0.05, 0.1) is 0 Å². The summed E-state index contributed by atoms with van der Waals surface area (Å²) in [5.74, 6) is 0.448. The van der Waals surface area contributed by atoms with E-state index in [0.717, 1.165) is 19.4 Å². The topological polar surface area (TPSA) is 29.3 Å². The molecule has 1 aliphatic heterocycles. The molecule has 0 aromatic heterocycles. The lowest BCUT2D eigenvalue weighted by atomic mass is 9.94. The van der Waals surface area contributed by atoms with Gasteiger partial charge in [-0.3, -0.25) is 4.90 Å². The fraction of sp³-hybridized carbons (Fsp3) is 0.857. The minimum atomic E-state index is -4.15. The van der Waals surface area contributed by atoms with Crippen LogP contribution in [0.3, 0.4) is 0 Å². The fourth-order valence-corrected chi connectivity index (χ4v) is 3.11. The summed E-state index contributed by atoms with van der Waals surface area (Å²) in [5.41, 5.74) is 5.80. The first kappa shape index (κ1) is 14.9. The number of rotatable bonds is 2. The molecule has 1 aliphatic carbocycles. The SMILES string of the molecule is NC1CCCCCC1CN1CC=C(C(F)(F)F)CC1. The summed E-state index contributed by atoms with van der Waals surface area (Å²) in [5, 5.41) is 0. The Bertz CT molecular complexity index is 325. The summed E-state index contributed by atoms with van der Waals surface area (Å²) < 4.78 is 37.6. The molecule has 1 heterocycles. The lowest BCUT2D eigenvalue weighted by Crippen LogP contribution is -2.41. The lowest BCUT2D eigenvalue weighted by Gasteiger charge is -2.32. The Balaban J connectivity index is 1.86. The molecular formula is C14H23F3N2. The van der Waals surface area contributed by atoms with Gasteiger partial charge in [0, 0.05) is 31.2 Å². The Labute approximate surface area is 112 Å². The van der Waals surface area contributed by atoms with E-state index in [1.165, 1.54) is 25.3 Å². The van der Waals surface area contributed by atoms with E-state index in [2.05, 4.69) is 4.90 Å². The summed E-state index contributed by atoms with van der Waals surface area (Å²) in [7, 11) is 0. The number of hydrogen-bond acceptors (Lipinski definition) is 2. The van der Waals surface area contributed by atoms with Gasteiger partial charge in [-0.1, -0.05) is 25.3 Å². The number of hydrogen-bond donors (Lipinski definition) is 1. The van der Waals surface area contributed by atoms with Crippen LogP contribution in [0.5, 0.6) is 0 Å². The number of nitrogens with two attached hydrogens (primary N) is 1. The van der Waals surface area contributed by atoms with Crippen molar-refractivity contribution in [1.82, 2.24) is 4.90 Å². The third-order valence-electron chi connectivity index (χ3n) is 4.37. The molecule has 1 fully saturated rings. The molecule has 0 saturated heterocycles. The highest BCUT2D eigenvalue weighted by molar-refractivity contribution is 5.13. The van der Waals surface area contributed by atoms with Gasteiger partial charge >= 0.3 is 6.18 Å². The van der Waals surface area contributed by atoms with E-state index in [-0.39, 0.29) is 18.0 Å². The van der Waals surface area contributed by atoms with Crippen LogP contribution in [0.25, 0.3) is 0 Å². The first-order valence-electron chi connectivity index (χ1n) is 7.21. The Morgan fingerprint density at radius 1 is 1.21 bits per heavy atom. The molecule has 2 N–H and O–H groups in total. The van der Waals surface area contributed by atoms with Gasteiger partial charge in [-0.15, -0.1) is 0 Å². The molecule has 5 heteroatoms. The Morgan fingerprint density at radius 3 is 2.58 bits per heavy atom. The van der Waals surface area contributed by atoms with Gasteiger partial charge < -0.3 is 5.73 Å². The van der Waals surface area contributed by atoms with E-state index in [4.69, 9.17) is 5.73 Å². The largest absolute Gasteiger partial charge is 0.412 e. The highest BCUT2D eigenvalue weighted by Crippen LogP contribution is 2.31. The van der Waals surface area contributed by atoms with Crippen molar-refractivity contribution in [1.29, 1.82) is 0 Å². The second-order valence-corrected chi connectivity index (χ2v) is 5.80. The van der Waals surface area contributed by atoms with Crippen LogP contribution in [-0.2, 0) is 0 Å².